The van der Waals surface area contributed by atoms with Crippen LogP contribution < -0.4 is 17.0 Å². The van der Waals surface area contributed by atoms with Crippen molar-refractivity contribution in [3.8, 4) is 17.5 Å². The van der Waals surface area contributed by atoms with Crippen molar-refractivity contribution in [1.82, 2.24) is 24.3 Å². The lowest BCUT2D eigenvalue weighted by molar-refractivity contribution is 0.100. The number of benzene rings is 2. The van der Waals surface area contributed by atoms with Crippen LogP contribution in [-0.4, -0.2) is 36.4 Å². The first-order valence-corrected chi connectivity index (χ1v) is 13.0. The summed E-state index contributed by atoms with van der Waals surface area (Å²) in [4.78, 5) is 37.2. The molecule has 0 unspecified atom stereocenters. The van der Waals surface area contributed by atoms with Crippen molar-refractivity contribution in [3.63, 3.8) is 0 Å². The van der Waals surface area contributed by atoms with Gasteiger partial charge in [-0.05, 0) is 30.2 Å². The zero-order valence-electron chi connectivity index (χ0n) is 21.9. The molecule has 0 aliphatic rings. The van der Waals surface area contributed by atoms with Gasteiger partial charge in [0, 0.05) is 36.8 Å². The van der Waals surface area contributed by atoms with Gasteiger partial charge in [0.2, 0.25) is 0 Å². The van der Waals surface area contributed by atoms with E-state index in [1.165, 1.54) is 28.3 Å². The van der Waals surface area contributed by atoms with E-state index in [4.69, 9.17) is 16.5 Å². The third-order valence-electron chi connectivity index (χ3n) is 5.63. The number of aromatic nitrogens is 5. The SMILES string of the molecule is C=C/C=N\c1c(C(N)=O)c(N)nn1C.CCc1nc2cccc(C#Cc3nccs3)c2c(=O)n1-c1ccccc1. The predicted molar refractivity (Wildman–Crippen MR) is 159 cm³/mol. The second-order valence-electron chi connectivity index (χ2n) is 8.23. The summed E-state index contributed by atoms with van der Waals surface area (Å²) in [7, 11) is 1.62. The fourth-order valence-electron chi connectivity index (χ4n) is 3.91. The van der Waals surface area contributed by atoms with E-state index in [0.29, 0.717) is 28.7 Å². The highest BCUT2D eigenvalue weighted by Crippen LogP contribution is 2.23. The average molecular weight is 551 g/mol. The first kappa shape index (κ1) is 27.7. The largest absolute Gasteiger partial charge is 0.381 e. The molecule has 4 N–H and O–H groups in total. The third-order valence-corrected chi connectivity index (χ3v) is 6.32. The summed E-state index contributed by atoms with van der Waals surface area (Å²) in [6.45, 7) is 5.46. The lowest BCUT2D eigenvalue weighted by Crippen LogP contribution is -2.24. The van der Waals surface area contributed by atoms with Crippen molar-refractivity contribution in [2.24, 2.45) is 17.8 Å². The topological polar surface area (TPSA) is 147 Å². The van der Waals surface area contributed by atoms with Gasteiger partial charge in [-0.2, -0.15) is 5.10 Å². The van der Waals surface area contributed by atoms with Gasteiger partial charge in [-0.3, -0.25) is 14.2 Å². The highest BCUT2D eigenvalue weighted by Gasteiger charge is 2.17. The summed E-state index contributed by atoms with van der Waals surface area (Å²) in [6, 6.07) is 15.2. The lowest BCUT2D eigenvalue weighted by atomic mass is 10.1. The molecule has 0 fully saturated rings. The molecule has 40 heavy (non-hydrogen) atoms. The Hall–Kier alpha value is -5.34. The highest BCUT2D eigenvalue weighted by atomic mass is 32.1. The monoisotopic (exact) mass is 550 g/mol. The molecule has 0 spiro atoms. The predicted octanol–water partition coefficient (Wildman–Crippen LogP) is 3.79. The van der Waals surface area contributed by atoms with Gasteiger partial charge in [0.25, 0.3) is 11.5 Å². The number of nitrogen functional groups attached to an aromatic ring is 1. The molecule has 5 aromatic rings. The molecule has 0 bridgehead atoms. The number of hydrogen-bond donors (Lipinski definition) is 2. The molecule has 10 nitrogen and oxygen atoms in total. The number of nitrogens with two attached hydrogens (primary N) is 2. The van der Waals surface area contributed by atoms with E-state index in [-0.39, 0.29) is 16.9 Å². The van der Waals surface area contributed by atoms with Crippen LogP contribution in [0.25, 0.3) is 16.6 Å². The smallest absolute Gasteiger partial charge is 0.267 e. The molecule has 1 amide bonds. The molecule has 0 saturated carbocycles. The Labute approximate surface area is 234 Å². The zero-order chi connectivity index (χ0) is 28.6. The molecule has 2 aromatic carbocycles. The fraction of sp³-hybridized carbons (Fsp3) is 0.103. The lowest BCUT2D eigenvalue weighted by Gasteiger charge is -2.13. The number of hydrogen-bond acceptors (Lipinski definition) is 8. The Kier molecular flexibility index (Phi) is 8.63. The van der Waals surface area contributed by atoms with Crippen LogP contribution in [0.2, 0.25) is 0 Å². The second kappa shape index (κ2) is 12.5. The van der Waals surface area contributed by atoms with Crippen LogP contribution in [-0.2, 0) is 13.5 Å². The zero-order valence-corrected chi connectivity index (χ0v) is 22.7. The van der Waals surface area contributed by atoms with E-state index >= 15 is 0 Å². The van der Waals surface area contributed by atoms with Gasteiger partial charge >= 0.3 is 0 Å². The Morgan fingerprint density at radius 1 is 1.18 bits per heavy atom. The van der Waals surface area contributed by atoms with Gasteiger partial charge in [-0.1, -0.05) is 49.8 Å². The van der Waals surface area contributed by atoms with Crippen molar-refractivity contribution in [1.29, 1.82) is 0 Å². The van der Waals surface area contributed by atoms with E-state index in [0.717, 1.165) is 16.5 Å². The van der Waals surface area contributed by atoms with E-state index < -0.39 is 5.91 Å². The molecule has 5 rings (SSSR count). The molecule has 200 valence electrons. The Morgan fingerprint density at radius 2 is 1.95 bits per heavy atom. The minimum absolute atomic E-state index is 0.0798. The molecule has 3 aromatic heterocycles. The molecule has 0 saturated heterocycles. The van der Waals surface area contributed by atoms with E-state index in [1.54, 1.807) is 17.8 Å². The maximum absolute atomic E-state index is 13.3. The van der Waals surface area contributed by atoms with Gasteiger partial charge in [-0.15, -0.1) is 11.3 Å². The van der Waals surface area contributed by atoms with Crippen molar-refractivity contribution in [3.05, 3.63) is 105 Å². The van der Waals surface area contributed by atoms with Crippen molar-refractivity contribution >= 4 is 46.0 Å². The highest BCUT2D eigenvalue weighted by molar-refractivity contribution is 7.10. The summed E-state index contributed by atoms with van der Waals surface area (Å²) in [6.07, 6.45) is 5.29. The summed E-state index contributed by atoms with van der Waals surface area (Å²) in [5.41, 5.74) is 12.8. The number of para-hydroxylation sites is 1. The normalized spacial score (nSPS) is 10.6. The Bertz CT molecular complexity index is 1830. The fourth-order valence-corrected chi connectivity index (χ4v) is 4.39. The minimum atomic E-state index is -0.646. The maximum atomic E-state index is 13.3. The van der Waals surface area contributed by atoms with E-state index in [2.05, 4.69) is 33.5 Å². The molecule has 0 atom stereocenters. The third kappa shape index (κ3) is 5.87. The van der Waals surface area contributed by atoms with Crippen LogP contribution in [0.4, 0.5) is 11.6 Å². The molecular formula is C29H26N8O2S. The van der Waals surface area contributed by atoms with Gasteiger partial charge in [0.15, 0.2) is 16.6 Å². The summed E-state index contributed by atoms with van der Waals surface area (Å²) >= 11 is 1.47. The number of thiazole rings is 1. The number of nitrogens with zero attached hydrogens (tertiary/aromatic N) is 6. The quantitative estimate of drug-likeness (QED) is 0.251. The maximum Gasteiger partial charge on any atom is 0.267 e. The van der Waals surface area contributed by atoms with Gasteiger partial charge in [-0.25, -0.2) is 19.6 Å². The number of primary amides is 1. The molecule has 3 heterocycles. The van der Waals surface area contributed by atoms with Crippen LogP contribution in [0.5, 0.6) is 0 Å². The van der Waals surface area contributed by atoms with E-state index in [9.17, 15) is 9.59 Å². The van der Waals surface area contributed by atoms with Crippen LogP contribution in [0.3, 0.4) is 0 Å². The second-order valence-corrected chi connectivity index (χ2v) is 9.12. The standard InChI is InChI=1S/C21H15N3OS.C8H11N5O/c1-2-18-23-17-10-6-7-15(11-12-19-22-13-14-26-19)20(17)21(25)24(18)16-8-4-3-5-9-16;1-3-4-11-8-5(7(10)14)6(9)12-13(8)2/h3-10,13-14H,2H2,1H3;3-4H,1H2,2H3,(H2,9,12)(H2,10,14)/b;11-4-. The summed E-state index contributed by atoms with van der Waals surface area (Å²) < 4.78 is 3.06. The molecule has 0 aliphatic carbocycles. The average Bonchev–Trinajstić information content (AvgIpc) is 3.58. The summed E-state index contributed by atoms with van der Waals surface area (Å²) in [5, 5.41) is 6.98. The number of fused-ring (bicyclic) bond motifs is 1. The number of carbonyl (C=O) groups excluding carboxylic acids is 1. The number of aryl methyl sites for hydroxylation is 2. The van der Waals surface area contributed by atoms with Gasteiger partial charge in [0.1, 0.15) is 11.4 Å². The molecule has 0 radical (unpaired) electrons. The van der Waals surface area contributed by atoms with Crippen LogP contribution in [0.15, 0.2) is 82.5 Å². The first-order chi connectivity index (χ1) is 19.3. The number of aliphatic imine (C=N–C) groups is 1. The number of amides is 1. The number of rotatable bonds is 5. The Morgan fingerprint density at radius 3 is 2.60 bits per heavy atom. The number of allylic oxidation sites excluding steroid dienone is 1. The minimum Gasteiger partial charge on any atom is -0.381 e. The van der Waals surface area contributed by atoms with Gasteiger partial charge < -0.3 is 11.5 Å². The van der Waals surface area contributed by atoms with E-state index in [1.807, 2.05) is 60.8 Å². The van der Waals surface area contributed by atoms with Crippen molar-refractivity contribution in [2.45, 2.75) is 13.3 Å². The number of carbonyl (C=O) groups is 1. The van der Waals surface area contributed by atoms with Gasteiger partial charge in [0.05, 0.1) is 16.6 Å². The van der Waals surface area contributed by atoms with Crippen LogP contribution in [0, 0.1) is 11.8 Å². The number of anilines is 1. The molecule has 0 aliphatic heterocycles. The summed E-state index contributed by atoms with van der Waals surface area (Å²) in [5.74, 6) is 6.62. The Balaban J connectivity index is 0.000000224. The van der Waals surface area contributed by atoms with Crippen molar-refractivity contribution in [2.75, 3.05) is 5.73 Å². The molecular weight excluding hydrogens is 524 g/mol. The van der Waals surface area contributed by atoms with Crippen LogP contribution in [0.1, 0.15) is 33.7 Å². The van der Waals surface area contributed by atoms with Crippen molar-refractivity contribution < 1.29 is 4.79 Å². The van der Waals surface area contributed by atoms with Crippen LogP contribution >= 0.6 is 11.3 Å². The first-order valence-electron chi connectivity index (χ1n) is 12.1. The molecule has 11 heteroatoms.